The fourth-order valence-corrected chi connectivity index (χ4v) is 3.23. The Morgan fingerprint density at radius 2 is 1.96 bits per heavy atom. The Balaban J connectivity index is 1.69. The number of fused-ring (bicyclic) bond motifs is 2. The third-order valence-electron chi connectivity index (χ3n) is 4.41. The van der Waals surface area contributed by atoms with Gasteiger partial charge in [0, 0.05) is 48.0 Å². The number of carbonyl (C=O) groups excluding carboxylic acids is 2. The van der Waals surface area contributed by atoms with Crippen molar-refractivity contribution in [2.24, 2.45) is 7.05 Å². The molecule has 3 aromatic rings. The molecule has 1 aliphatic rings. The van der Waals surface area contributed by atoms with Crippen molar-refractivity contribution in [1.29, 1.82) is 0 Å². The van der Waals surface area contributed by atoms with Gasteiger partial charge in [-0.1, -0.05) is 6.07 Å². The van der Waals surface area contributed by atoms with Gasteiger partial charge in [0.25, 0.3) is 5.91 Å². The number of hydrogen-bond donors (Lipinski definition) is 1. The Morgan fingerprint density at radius 1 is 1.12 bits per heavy atom. The van der Waals surface area contributed by atoms with Gasteiger partial charge in [-0.05, 0) is 42.0 Å². The second kappa shape index (κ2) is 5.23. The molecule has 1 aliphatic heterocycles. The first-order chi connectivity index (χ1) is 11.5. The third-order valence-corrected chi connectivity index (χ3v) is 4.41. The highest BCUT2D eigenvalue weighted by Crippen LogP contribution is 2.32. The summed E-state index contributed by atoms with van der Waals surface area (Å²) in [7, 11) is 2.00. The van der Waals surface area contributed by atoms with E-state index < -0.39 is 0 Å². The van der Waals surface area contributed by atoms with Crippen LogP contribution in [0.4, 0.5) is 11.4 Å². The van der Waals surface area contributed by atoms with Crippen LogP contribution in [0.1, 0.15) is 22.8 Å². The lowest BCUT2D eigenvalue weighted by Gasteiger charge is -2.16. The van der Waals surface area contributed by atoms with E-state index in [1.165, 1.54) is 6.92 Å². The molecule has 24 heavy (non-hydrogen) atoms. The SMILES string of the molecule is CC(=O)Nc1ccc2c(c1)C(=O)N(c1ccc3c(ccn3C)c1)C2. The van der Waals surface area contributed by atoms with Gasteiger partial charge < -0.3 is 14.8 Å². The summed E-state index contributed by atoms with van der Waals surface area (Å²) in [5.74, 6) is -0.181. The molecule has 2 heterocycles. The van der Waals surface area contributed by atoms with Gasteiger partial charge in [-0.3, -0.25) is 9.59 Å². The maximum atomic E-state index is 12.8. The summed E-state index contributed by atoms with van der Waals surface area (Å²) in [5, 5.41) is 3.83. The number of aromatic nitrogens is 1. The summed E-state index contributed by atoms with van der Waals surface area (Å²) < 4.78 is 2.05. The van der Waals surface area contributed by atoms with Crippen molar-refractivity contribution in [3.63, 3.8) is 0 Å². The van der Waals surface area contributed by atoms with Crippen LogP contribution >= 0.6 is 0 Å². The van der Waals surface area contributed by atoms with Crippen molar-refractivity contribution in [3.05, 3.63) is 59.8 Å². The quantitative estimate of drug-likeness (QED) is 0.788. The van der Waals surface area contributed by atoms with E-state index in [1.807, 2.05) is 49.6 Å². The van der Waals surface area contributed by atoms with Crippen LogP contribution in [-0.2, 0) is 18.4 Å². The number of anilines is 2. The summed E-state index contributed by atoms with van der Waals surface area (Å²) in [6.45, 7) is 2.00. The molecule has 0 aliphatic carbocycles. The molecule has 0 bridgehead atoms. The summed E-state index contributed by atoms with van der Waals surface area (Å²) in [6.07, 6.45) is 2.01. The standard InChI is InChI=1S/C19H17N3O2/c1-12(23)20-15-4-3-14-11-22(19(24)17(14)10-15)16-5-6-18-13(9-16)7-8-21(18)2/h3-10H,11H2,1-2H3,(H,20,23). The van der Waals surface area contributed by atoms with Crippen molar-refractivity contribution in [3.8, 4) is 0 Å². The molecular formula is C19H17N3O2. The van der Waals surface area contributed by atoms with Gasteiger partial charge >= 0.3 is 0 Å². The monoisotopic (exact) mass is 319 g/mol. The molecule has 2 amide bonds. The highest BCUT2D eigenvalue weighted by Gasteiger charge is 2.29. The highest BCUT2D eigenvalue weighted by molar-refractivity contribution is 6.11. The third kappa shape index (κ3) is 2.25. The summed E-state index contributed by atoms with van der Waals surface area (Å²) >= 11 is 0. The minimum absolute atomic E-state index is 0.0347. The second-order valence-electron chi connectivity index (χ2n) is 6.11. The molecule has 0 atom stereocenters. The van der Waals surface area contributed by atoms with Gasteiger partial charge in [-0.15, -0.1) is 0 Å². The van der Waals surface area contributed by atoms with Crippen LogP contribution in [0.3, 0.4) is 0 Å². The first kappa shape index (κ1) is 14.5. The molecule has 5 heteroatoms. The first-order valence-corrected chi connectivity index (χ1v) is 7.80. The topological polar surface area (TPSA) is 54.3 Å². The van der Waals surface area contributed by atoms with E-state index >= 15 is 0 Å². The van der Waals surface area contributed by atoms with E-state index in [1.54, 1.807) is 11.0 Å². The van der Waals surface area contributed by atoms with E-state index in [2.05, 4.69) is 9.88 Å². The van der Waals surface area contributed by atoms with Crippen molar-refractivity contribution in [2.75, 3.05) is 10.2 Å². The van der Waals surface area contributed by atoms with Crippen LogP contribution in [-0.4, -0.2) is 16.4 Å². The maximum Gasteiger partial charge on any atom is 0.259 e. The van der Waals surface area contributed by atoms with Crippen LogP contribution in [0.2, 0.25) is 0 Å². The Hall–Kier alpha value is -3.08. The van der Waals surface area contributed by atoms with Crippen LogP contribution in [0.5, 0.6) is 0 Å². The number of hydrogen-bond acceptors (Lipinski definition) is 2. The van der Waals surface area contributed by atoms with Crippen LogP contribution in [0, 0.1) is 0 Å². The summed E-state index contributed by atoms with van der Waals surface area (Å²) in [5.41, 5.74) is 4.29. The van der Waals surface area contributed by atoms with Crippen LogP contribution in [0.25, 0.3) is 10.9 Å². The van der Waals surface area contributed by atoms with Crippen molar-refractivity contribution in [1.82, 2.24) is 4.57 Å². The van der Waals surface area contributed by atoms with Gasteiger partial charge in [0.15, 0.2) is 0 Å². The molecule has 1 aromatic heterocycles. The minimum atomic E-state index is -0.146. The van der Waals surface area contributed by atoms with E-state index in [4.69, 9.17) is 0 Å². The summed E-state index contributed by atoms with van der Waals surface area (Å²) in [4.78, 5) is 25.8. The Labute approximate surface area is 139 Å². The number of aryl methyl sites for hydroxylation is 1. The molecule has 120 valence electrons. The Bertz CT molecular complexity index is 987. The van der Waals surface area contributed by atoms with E-state index in [9.17, 15) is 9.59 Å². The second-order valence-corrected chi connectivity index (χ2v) is 6.11. The fraction of sp³-hybridized carbons (Fsp3) is 0.158. The van der Waals surface area contributed by atoms with E-state index in [-0.39, 0.29) is 11.8 Å². The molecule has 4 rings (SSSR count). The van der Waals surface area contributed by atoms with Gasteiger partial charge in [-0.25, -0.2) is 0 Å². The lowest BCUT2D eigenvalue weighted by atomic mass is 10.1. The highest BCUT2D eigenvalue weighted by atomic mass is 16.2. The molecule has 0 fully saturated rings. The lowest BCUT2D eigenvalue weighted by Crippen LogP contribution is -2.22. The first-order valence-electron chi connectivity index (χ1n) is 7.80. The zero-order valence-corrected chi connectivity index (χ0v) is 13.5. The molecule has 0 spiro atoms. The number of rotatable bonds is 2. The predicted octanol–water partition coefficient (Wildman–Crippen LogP) is 3.30. The Kier molecular flexibility index (Phi) is 3.16. The van der Waals surface area contributed by atoms with Crippen molar-refractivity contribution >= 4 is 34.1 Å². The normalized spacial score (nSPS) is 13.4. The molecule has 0 saturated heterocycles. The van der Waals surface area contributed by atoms with E-state index in [0.29, 0.717) is 17.8 Å². The van der Waals surface area contributed by atoms with Crippen molar-refractivity contribution < 1.29 is 9.59 Å². The minimum Gasteiger partial charge on any atom is -0.351 e. The largest absolute Gasteiger partial charge is 0.351 e. The summed E-state index contributed by atoms with van der Waals surface area (Å²) in [6, 6.07) is 13.6. The van der Waals surface area contributed by atoms with Crippen LogP contribution in [0.15, 0.2) is 48.7 Å². The smallest absolute Gasteiger partial charge is 0.259 e. The van der Waals surface area contributed by atoms with Gasteiger partial charge in [0.1, 0.15) is 0 Å². The van der Waals surface area contributed by atoms with Crippen molar-refractivity contribution in [2.45, 2.75) is 13.5 Å². The zero-order valence-electron chi connectivity index (χ0n) is 13.5. The van der Waals surface area contributed by atoms with Gasteiger partial charge in [-0.2, -0.15) is 0 Å². The Morgan fingerprint density at radius 3 is 2.75 bits per heavy atom. The molecule has 1 N–H and O–H groups in total. The number of benzene rings is 2. The fourth-order valence-electron chi connectivity index (χ4n) is 3.23. The van der Waals surface area contributed by atoms with Crippen LogP contribution < -0.4 is 10.2 Å². The molecule has 0 radical (unpaired) electrons. The molecule has 5 nitrogen and oxygen atoms in total. The predicted molar refractivity (Wildman–Crippen MR) is 94.2 cm³/mol. The molecule has 0 saturated carbocycles. The number of amides is 2. The zero-order chi connectivity index (χ0) is 16.8. The molecule has 2 aromatic carbocycles. The molecular weight excluding hydrogens is 302 g/mol. The van der Waals surface area contributed by atoms with Gasteiger partial charge in [0.2, 0.25) is 5.91 Å². The maximum absolute atomic E-state index is 12.8. The number of nitrogens with one attached hydrogen (secondary N) is 1. The number of nitrogens with zero attached hydrogens (tertiary/aromatic N) is 2. The lowest BCUT2D eigenvalue weighted by molar-refractivity contribution is -0.114. The molecule has 0 unspecified atom stereocenters. The van der Waals surface area contributed by atoms with Gasteiger partial charge in [0.05, 0.1) is 6.54 Å². The average Bonchev–Trinajstić information content (AvgIpc) is 3.08. The van der Waals surface area contributed by atoms with E-state index in [0.717, 1.165) is 22.2 Å². The number of carbonyl (C=O) groups is 2. The average molecular weight is 319 g/mol.